The fourth-order valence-electron chi connectivity index (χ4n) is 2.51. The van der Waals surface area contributed by atoms with Crippen LogP contribution in [0.1, 0.15) is 18.4 Å². The topological polar surface area (TPSA) is 124 Å². The van der Waals surface area contributed by atoms with Gasteiger partial charge in [0.15, 0.2) is 0 Å². The highest BCUT2D eigenvalue weighted by molar-refractivity contribution is 5.68. The molecule has 0 aromatic carbocycles. The van der Waals surface area contributed by atoms with E-state index in [1.165, 1.54) is 10.8 Å². The van der Waals surface area contributed by atoms with Gasteiger partial charge in [-0.15, -0.1) is 0 Å². The zero-order valence-corrected chi connectivity index (χ0v) is 12.0. The first-order chi connectivity index (χ1) is 10.5. The molecule has 0 bridgehead atoms. The molecule has 8 nitrogen and oxygen atoms in total. The van der Waals surface area contributed by atoms with Crippen LogP contribution in [0.5, 0.6) is 0 Å². The van der Waals surface area contributed by atoms with Crippen molar-refractivity contribution in [3.63, 3.8) is 0 Å². The highest BCUT2D eigenvalue weighted by Crippen LogP contribution is 2.30. The summed E-state index contributed by atoms with van der Waals surface area (Å²) >= 11 is 0. The molecule has 3 atom stereocenters. The van der Waals surface area contributed by atoms with Gasteiger partial charge in [-0.2, -0.15) is 4.98 Å². The Kier molecular flexibility index (Phi) is 3.73. The summed E-state index contributed by atoms with van der Waals surface area (Å²) in [6.07, 6.45) is -0.576. The van der Waals surface area contributed by atoms with Crippen LogP contribution in [-0.4, -0.2) is 38.6 Å². The number of aromatic nitrogens is 2. The minimum Gasteiger partial charge on any atom is -0.461 e. The molecule has 0 aliphatic carbocycles. The summed E-state index contributed by atoms with van der Waals surface area (Å²) in [6.45, 7) is 1.48. The first-order valence-corrected chi connectivity index (χ1v) is 6.89. The maximum absolute atomic E-state index is 12.0. The van der Waals surface area contributed by atoms with Crippen molar-refractivity contribution < 1.29 is 19.4 Å². The monoisotopic (exact) mass is 307 g/mol. The van der Waals surface area contributed by atoms with E-state index < -0.39 is 24.1 Å². The van der Waals surface area contributed by atoms with E-state index in [2.05, 4.69) is 4.98 Å². The highest BCUT2D eigenvalue weighted by atomic mass is 16.5. The molecular formula is C14H17N3O5. The van der Waals surface area contributed by atoms with Crippen LogP contribution in [0.25, 0.3) is 11.3 Å². The van der Waals surface area contributed by atoms with Gasteiger partial charge in [0.2, 0.25) is 0 Å². The molecule has 1 fully saturated rings. The molecule has 8 heteroatoms. The van der Waals surface area contributed by atoms with Gasteiger partial charge in [-0.25, -0.2) is 4.79 Å². The molecule has 1 saturated heterocycles. The maximum atomic E-state index is 12.0. The molecular weight excluding hydrogens is 290 g/mol. The first kappa shape index (κ1) is 14.8. The Bertz CT molecular complexity index is 738. The summed E-state index contributed by atoms with van der Waals surface area (Å²) in [6, 6.07) is 3.51. The fourth-order valence-corrected chi connectivity index (χ4v) is 2.51. The average Bonchev–Trinajstić information content (AvgIpc) is 3.05. The predicted molar refractivity (Wildman–Crippen MR) is 77.0 cm³/mol. The van der Waals surface area contributed by atoms with Gasteiger partial charge in [-0.05, 0) is 19.1 Å². The summed E-state index contributed by atoms with van der Waals surface area (Å²) in [7, 11) is 0. The number of nitrogens with two attached hydrogens (primary N) is 1. The van der Waals surface area contributed by atoms with Gasteiger partial charge in [-0.1, -0.05) is 0 Å². The lowest BCUT2D eigenvalue weighted by molar-refractivity contribution is -0.0458. The molecule has 22 heavy (non-hydrogen) atoms. The number of hydrogen-bond donors (Lipinski definition) is 3. The van der Waals surface area contributed by atoms with E-state index in [0.29, 0.717) is 17.1 Å². The molecule has 0 amide bonds. The largest absolute Gasteiger partial charge is 0.461 e. The fraction of sp³-hybridized carbons (Fsp3) is 0.429. The van der Waals surface area contributed by atoms with E-state index in [4.69, 9.17) is 20.0 Å². The van der Waals surface area contributed by atoms with Crippen molar-refractivity contribution in [3.05, 3.63) is 34.6 Å². The van der Waals surface area contributed by atoms with Crippen LogP contribution in [0.15, 0.2) is 27.5 Å². The molecule has 1 aliphatic rings. The highest BCUT2D eigenvalue weighted by Gasteiger charge is 2.35. The Morgan fingerprint density at radius 2 is 2.27 bits per heavy atom. The standard InChI is InChI=1S/C14H17N3O5/c1-7-2-3-10(21-7)8-5-17(14(20)16-13(8)15)12-4-9(19)11(6-18)22-12/h2-3,5,9,11-12,18-19H,4,6H2,1H3,(H2,15,16,20)/t9-,11+,12+/m1/s1. The summed E-state index contributed by atoms with van der Waals surface area (Å²) in [4.78, 5) is 15.8. The predicted octanol–water partition coefficient (Wildman–Crippen LogP) is 0.0346. The van der Waals surface area contributed by atoms with Crippen molar-refractivity contribution in [2.24, 2.45) is 0 Å². The summed E-state index contributed by atoms with van der Waals surface area (Å²) in [5.74, 6) is 1.27. The van der Waals surface area contributed by atoms with Gasteiger partial charge in [0.05, 0.1) is 18.3 Å². The number of furan rings is 1. The summed E-state index contributed by atoms with van der Waals surface area (Å²) < 4.78 is 12.2. The number of aliphatic hydroxyl groups excluding tert-OH is 2. The molecule has 2 aromatic rings. The lowest BCUT2D eigenvalue weighted by Crippen LogP contribution is -2.28. The SMILES string of the molecule is Cc1ccc(-c2cn([C@@H]3C[C@@H](O)[C@H](CO)O3)c(=O)nc2N)o1. The Morgan fingerprint density at radius 3 is 2.86 bits per heavy atom. The molecule has 118 valence electrons. The number of nitrogens with zero attached hydrogens (tertiary/aromatic N) is 2. The molecule has 0 spiro atoms. The van der Waals surface area contributed by atoms with Crippen LogP contribution in [0, 0.1) is 6.92 Å². The number of aliphatic hydroxyl groups is 2. The van der Waals surface area contributed by atoms with Crippen LogP contribution in [0.3, 0.4) is 0 Å². The summed E-state index contributed by atoms with van der Waals surface area (Å²) in [5, 5.41) is 18.9. The first-order valence-electron chi connectivity index (χ1n) is 6.89. The van der Waals surface area contributed by atoms with Crippen molar-refractivity contribution in [3.8, 4) is 11.3 Å². The maximum Gasteiger partial charge on any atom is 0.351 e. The molecule has 0 saturated carbocycles. The third kappa shape index (κ3) is 2.52. The Hall–Kier alpha value is -2.16. The van der Waals surface area contributed by atoms with Crippen molar-refractivity contribution in [1.29, 1.82) is 0 Å². The van der Waals surface area contributed by atoms with E-state index in [9.17, 15) is 9.90 Å². The van der Waals surface area contributed by atoms with Crippen LogP contribution in [-0.2, 0) is 4.74 Å². The lowest BCUT2D eigenvalue weighted by Gasteiger charge is -2.15. The van der Waals surface area contributed by atoms with Crippen LogP contribution in [0.4, 0.5) is 5.82 Å². The number of anilines is 1. The van der Waals surface area contributed by atoms with Gasteiger partial charge in [0, 0.05) is 12.6 Å². The Morgan fingerprint density at radius 1 is 1.50 bits per heavy atom. The van der Waals surface area contributed by atoms with Crippen molar-refractivity contribution in [2.45, 2.75) is 31.8 Å². The van der Waals surface area contributed by atoms with E-state index in [1.807, 2.05) is 0 Å². The third-order valence-electron chi connectivity index (χ3n) is 3.68. The second kappa shape index (κ2) is 5.56. The van der Waals surface area contributed by atoms with E-state index in [0.717, 1.165) is 0 Å². The van der Waals surface area contributed by atoms with E-state index >= 15 is 0 Å². The minimum atomic E-state index is -0.839. The van der Waals surface area contributed by atoms with E-state index in [1.54, 1.807) is 19.1 Å². The summed E-state index contributed by atoms with van der Waals surface area (Å²) in [5.41, 5.74) is 5.68. The van der Waals surface area contributed by atoms with Gasteiger partial charge in [0.25, 0.3) is 0 Å². The molecule has 3 rings (SSSR count). The zero-order chi connectivity index (χ0) is 15.9. The van der Waals surface area contributed by atoms with Gasteiger partial charge >= 0.3 is 5.69 Å². The lowest BCUT2D eigenvalue weighted by atomic mass is 10.2. The average molecular weight is 307 g/mol. The Balaban J connectivity index is 2.01. The number of nitrogen functional groups attached to an aromatic ring is 1. The number of ether oxygens (including phenoxy) is 1. The molecule has 0 unspecified atom stereocenters. The quantitative estimate of drug-likeness (QED) is 0.731. The van der Waals surface area contributed by atoms with Crippen molar-refractivity contribution in [2.75, 3.05) is 12.3 Å². The van der Waals surface area contributed by atoms with E-state index in [-0.39, 0.29) is 18.8 Å². The van der Waals surface area contributed by atoms with Crippen LogP contribution >= 0.6 is 0 Å². The van der Waals surface area contributed by atoms with Gasteiger partial charge in [-0.3, -0.25) is 4.57 Å². The number of rotatable bonds is 3. The zero-order valence-electron chi connectivity index (χ0n) is 12.0. The number of hydrogen-bond acceptors (Lipinski definition) is 7. The molecule has 4 N–H and O–H groups in total. The Labute approximate surface area is 125 Å². The van der Waals surface area contributed by atoms with Gasteiger partial charge < -0.3 is 25.1 Å². The molecule has 3 heterocycles. The normalized spacial score (nSPS) is 24.8. The van der Waals surface area contributed by atoms with Crippen LogP contribution < -0.4 is 11.4 Å². The second-order valence-electron chi connectivity index (χ2n) is 5.25. The number of aryl methyl sites for hydroxylation is 1. The van der Waals surface area contributed by atoms with Crippen molar-refractivity contribution in [1.82, 2.24) is 9.55 Å². The van der Waals surface area contributed by atoms with Gasteiger partial charge in [0.1, 0.15) is 29.7 Å². The molecule has 0 radical (unpaired) electrons. The second-order valence-corrected chi connectivity index (χ2v) is 5.25. The smallest absolute Gasteiger partial charge is 0.351 e. The molecule has 1 aliphatic heterocycles. The molecule has 2 aromatic heterocycles. The third-order valence-corrected chi connectivity index (χ3v) is 3.68. The van der Waals surface area contributed by atoms with Crippen LogP contribution in [0.2, 0.25) is 0 Å². The van der Waals surface area contributed by atoms with Crippen molar-refractivity contribution >= 4 is 5.82 Å². The minimum absolute atomic E-state index is 0.0628.